The molecule has 0 saturated heterocycles. The van der Waals surface area contributed by atoms with Crippen LogP contribution in [-0.4, -0.2) is 66.3 Å². The Balaban J connectivity index is 1.21. The number of ether oxygens (including phenoxy) is 5. The molecule has 0 saturated carbocycles. The van der Waals surface area contributed by atoms with Crippen molar-refractivity contribution in [3.63, 3.8) is 0 Å². The third-order valence-corrected chi connectivity index (χ3v) is 10.4. The van der Waals surface area contributed by atoms with Gasteiger partial charge in [0.15, 0.2) is 0 Å². The molecule has 1 N–H and O–H groups in total. The molecule has 0 fully saturated rings. The van der Waals surface area contributed by atoms with Crippen molar-refractivity contribution in [2.75, 3.05) is 26.4 Å². The molecule has 0 spiro atoms. The van der Waals surface area contributed by atoms with Crippen LogP contribution in [0.25, 0.3) is 32.9 Å². The number of aromatic nitrogens is 1. The quantitative estimate of drug-likeness (QED) is 0.0205. The first kappa shape index (κ1) is 46.0. The highest BCUT2D eigenvalue weighted by atomic mass is 16.5. The summed E-state index contributed by atoms with van der Waals surface area (Å²) in [4.78, 5) is 48.6. The first-order valence-corrected chi connectivity index (χ1v) is 21.4. The average Bonchev–Trinajstić information content (AvgIpc) is 3.62. The largest absolute Gasteiger partial charge is 0.494 e. The van der Waals surface area contributed by atoms with Crippen molar-refractivity contribution < 1.29 is 48.0 Å². The number of rotatable bonds is 24. The van der Waals surface area contributed by atoms with E-state index in [4.69, 9.17) is 28.8 Å². The van der Waals surface area contributed by atoms with Crippen LogP contribution in [0.5, 0.6) is 17.2 Å². The Labute approximate surface area is 372 Å². The molecule has 6 aromatic rings. The fraction of sp³-hybridized carbons (Fsp3) is 0.250. The van der Waals surface area contributed by atoms with E-state index in [-0.39, 0.29) is 11.3 Å². The molecule has 330 valence electrons. The van der Waals surface area contributed by atoms with Crippen LogP contribution in [0.4, 0.5) is 0 Å². The van der Waals surface area contributed by atoms with E-state index in [1.807, 2.05) is 48.0 Å². The van der Waals surface area contributed by atoms with E-state index >= 15 is 0 Å². The Morgan fingerprint density at radius 3 is 1.91 bits per heavy atom. The number of fused-ring (bicyclic) bond motifs is 3. The molecule has 12 nitrogen and oxygen atoms in total. The molecule has 1 aromatic heterocycles. The van der Waals surface area contributed by atoms with E-state index in [9.17, 15) is 24.3 Å². The molecule has 0 bridgehead atoms. The number of hydrogen-bond donors (Lipinski definition) is 1. The van der Waals surface area contributed by atoms with E-state index in [0.29, 0.717) is 60.2 Å². The van der Waals surface area contributed by atoms with Gasteiger partial charge in [-0.15, -0.1) is 0 Å². The van der Waals surface area contributed by atoms with Gasteiger partial charge in [0.1, 0.15) is 17.2 Å². The second kappa shape index (κ2) is 23.1. The number of benzene rings is 5. The smallest absolute Gasteiger partial charge is 0.343 e. The van der Waals surface area contributed by atoms with Crippen LogP contribution in [0, 0.1) is 6.92 Å². The number of aryl methyl sites for hydroxylation is 1. The van der Waals surface area contributed by atoms with Crippen molar-refractivity contribution in [1.82, 2.24) is 4.68 Å². The van der Waals surface area contributed by atoms with Crippen LogP contribution < -0.4 is 14.2 Å². The molecule has 5 aromatic carbocycles. The van der Waals surface area contributed by atoms with Gasteiger partial charge < -0.3 is 28.8 Å². The Morgan fingerprint density at radius 2 is 1.25 bits per heavy atom. The number of hydrogen-bond acceptors (Lipinski definition) is 10. The Bertz CT molecular complexity index is 2640. The Kier molecular flexibility index (Phi) is 16.6. The number of aromatic carboxylic acids is 1. The van der Waals surface area contributed by atoms with Crippen molar-refractivity contribution in [3.8, 4) is 28.4 Å². The fourth-order valence-corrected chi connectivity index (χ4v) is 7.06. The minimum Gasteiger partial charge on any atom is -0.494 e. The lowest BCUT2D eigenvalue weighted by molar-refractivity contribution is -0.138. The molecule has 0 amide bonds. The highest BCUT2D eigenvalue weighted by Gasteiger charge is 2.18. The third-order valence-electron chi connectivity index (χ3n) is 10.4. The number of carbonyl (C=O) groups excluding carboxylic acids is 3. The van der Waals surface area contributed by atoms with Crippen LogP contribution in [-0.2, 0) is 19.1 Å². The maximum atomic E-state index is 13.7. The van der Waals surface area contributed by atoms with E-state index in [0.717, 1.165) is 90.9 Å². The fourth-order valence-electron chi connectivity index (χ4n) is 7.06. The predicted molar refractivity (Wildman–Crippen MR) is 248 cm³/mol. The summed E-state index contributed by atoms with van der Waals surface area (Å²) in [5, 5.41) is 17.3. The third kappa shape index (κ3) is 12.6. The van der Waals surface area contributed by atoms with Crippen molar-refractivity contribution in [2.24, 2.45) is 5.10 Å². The van der Waals surface area contributed by atoms with Gasteiger partial charge >= 0.3 is 23.9 Å². The molecule has 1 heterocycles. The second-order valence-electron chi connectivity index (χ2n) is 15.0. The van der Waals surface area contributed by atoms with Crippen LogP contribution in [0.1, 0.15) is 83.2 Å². The number of esters is 3. The van der Waals surface area contributed by atoms with Crippen LogP contribution >= 0.6 is 0 Å². The van der Waals surface area contributed by atoms with Crippen molar-refractivity contribution in [2.45, 2.75) is 58.3 Å². The topological polar surface area (TPSA) is 152 Å². The molecule has 6 rings (SSSR count). The lowest BCUT2D eigenvalue weighted by Crippen LogP contribution is -2.10. The average molecular weight is 865 g/mol. The molecule has 0 unspecified atom stereocenters. The van der Waals surface area contributed by atoms with Gasteiger partial charge in [0.05, 0.1) is 54.8 Å². The number of carbonyl (C=O) groups is 4. The van der Waals surface area contributed by atoms with Crippen LogP contribution in [0.3, 0.4) is 0 Å². The van der Waals surface area contributed by atoms with Crippen molar-refractivity contribution in [3.05, 3.63) is 151 Å². The Hall–Kier alpha value is -7.47. The lowest BCUT2D eigenvalue weighted by atomic mass is 9.97. The van der Waals surface area contributed by atoms with Crippen molar-refractivity contribution in [1.29, 1.82) is 0 Å². The summed E-state index contributed by atoms with van der Waals surface area (Å²) in [5.74, 6) is -1.23. The highest BCUT2D eigenvalue weighted by molar-refractivity contribution is 6.08. The van der Waals surface area contributed by atoms with E-state index in [1.54, 1.807) is 60.8 Å². The van der Waals surface area contributed by atoms with Gasteiger partial charge in [0.25, 0.3) is 0 Å². The van der Waals surface area contributed by atoms with Gasteiger partial charge in [-0.05, 0) is 142 Å². The van der Waals surface area contributed by atoms with Gasteiger partial charge in [0.2, 0.25) is 0 Å². The molecule has 64 heavy (non-hydrogen) atoms. The number of unbranched alkanes of at least 4 members (excludes halogenated alkanes) is 6. The van der Waals surface area contributed by atoms with Gasteiger partial charge in [-0.3, -0.25) is 0 Å². The molecule has 0 aliphatic heterocycles. The first-order valence-electron chi connectivity index (χ1n) is 21.4. The molecule has 0 aliphatic rings. The van der Waals surface area contributed by atoms with Crippen LogP contribution in [0.2, 0.25) is 0 Å². The van der Waals surface area contributed by atoms with Crippen LogP contribution in [0.15, 0.2) is 134 Å². The molecular weight excluding hydrogens is 813 g/mol. The van der Waals surface area contributed by atoms with Crippen molar-refractivity contribution >= 4 is 51.9 Å². The maximum Gasteiger partial charge on any atom is 0.343 e. The number of nitrogens with zero attached hydrogens (tertiary/aromatic N) is 2. The summed E-state index contributed by atoms with van der Waals surface area (Å²) in [6.45, 7) is 10.4. The van der Waals surface area contributed by atoms with Gasteiger partial charge in [-0.2, -0.15) is 5.10 Å². The number of carboxylic acid groups (broad SMARTS) is 1. The number of carboxylic acids is 1. The minimum absolute atomic E-state index is 0.0701. The van der Waals surface area contributed by atoms with E-state index < -0.39 is 23.9 Å². The maximum absolute atomic E-state index is 13.7. The molecule has 0 radical (unpaired) electrons. The minimum atomic E-state index is -1.11. The molecule has 0 atom stereocenters. The lowest BCUT2D eigenvalue weighted by Gasteiger charge is -2.14. The Morgan fingerprint density at radius 1 is 0.641 bits per heavy atom. The normalized spacial score (nSPS) is 11.1. The summed E-state index contributed by atoms with van der Waals surface area (Å²) in [5.41, 5.74) is 4.66. The summed E-state index contributed by atoms with van der Waals surface area (Å²) >= 11 is 0. The first-order chi connectivity index (χ1) is 31.1. The zero-order valence-corrected chi connectivity index (χ0v) is 36.0. The summed E-state index contributed by atoms with van der Waals surface area (Å²) < 4.78 is 29.8. The molecule has 12 heteroatoms. The summed E-state index contributed by atoms with van der Waals surface area (Å²) in [7, 11) is 0. The zero-order valence-electron chi connectivity index (χ0n) is 36.0. The zero-order chi connectivity index (χ0) is 45.3. The van der Waals surface area contributed by atoms with Gasteiger partial charge in [-0.1, -0.05) is 49.1 Å². The van der Waals surface area contributed by atoms with Gasteiger partial charge in [0, 0.05) is 28.5 Å². The molecule has 0 aliphatic carbocycles. The SMILES string of the molecule is C=CC(=O)OCCCCCCOc1ccc(C(=O)Oc2ccc(-c3cc(OCCCCCCOC(=O)C=C)ccc3C(=O)O)cc2/C=N/n2c3ccccc3c3cc(C)ccc32)cc1. The van der Waals surface area contributed by atoms with Gasteiger partial charge in [-0.25, -0.2) is 23.9 Å². The van der Waals surface area contributed by atoms with E-state index in [2.05, 4.69) is 19.2 Å². The summed E-state index contributed by atoms with van der Waals surface area (Å²) in [6, 6.07) is 30.8. The highest BCUT2D eigenvalue weighted by Crippen LogP contribution is 2.34. The second-order valence-corrected chi connectivity index (χ2v) is 15.0. The standard InChI is InChI=1S/C52H52N2O10/c1-4-49(55)62-30-14-8-6-12-28-60-40-22-19-37(20-23-40)52(59)64-48-27-21-38(33-39(48)35-53-54-46-17-11-10-16-42(46)45-32-36(3)18-26-47(45)54)44-34-41(24-25-43(44)51(57)58)61-29-13-7-9-15-31-63-50(56)5-2/h4-5,10-11,16-27,32-35H,1-2,6-9,12-15,28-31H2,3H3,(H,57,58)/b53-35+. The predicted octanol–water partition coefficient (Wildman–Crippen LogP) is 10.9. The monoisotopic (exact) mass is 864 g/mol. The van der Waals surface area contributed by atoms with E-state index in [1.165, 1.54) is 6.07 Å². The molecular formula is C52H52N2O10. The summed E-state index contributed by atoms with van der Waals surface area (Å²) in [6.07, 6.45) is 10.5. The number of para-hydroxylation sites is 1.